The number of halogens is 1. The lowest BCUT2D eigenvalue weighted by Crippen LogP contribution is -2.37. The summed E-state index contributed by atoms with van der Waals surface area (Å²) in [5, 5.41) is 9.35. The molecule has 22 heavy (non-hydrogen) atoms. The highest BCUT2D eigenvalue weighted by molar-refractivity contribution is 14.0. The van der Waals surface area contributed by atoms with Crippen LogP contribution in [0.15, 0.2) is 10.4 Å². The molecule has 1 aromatic rings. The van der Waals surface area contributed by atoms with Crippen molar-refractivity contribution < 1.29 is 8.42 Å². The Hall–Kier alpha value is -0.420. The average molecular weight is 460 g/mol. The molecule has 0 bridgehead atoms. The van der Waals surface area contributed by atoms with Crippen LogP contribution >= 0.6 is 35.3 Å². The van der Waals surface area contributed by atoms with E-state index >= 15 is 0 Å². The number of thiazole rings is 1. The van der Waals surface area contributed by atoms with Crippen LogP contribution in [0.4, 0.5) is 0 Å². The molecule has 0 unspecified atom stereocenters. The quantitative estimate of drug-likeness (QED) is 0.282. The Kier molecular flexibility index (Phi) is 10.2. The Balaban J connectivity index is 0.00000441. The Morgan fingerprint density at radius 2 is 2.09 bits per heavy atom. The molecule has 0 radical (unpaired) electrons. The van der Waals surface area contributed by atoms with Gasteiger partial charge in [-0.15, -0.1) is 35.3 Å². The SMILES string of the molecule is CN=C(NCCCS(C)(=O)=O)NCc1nc(C(C)C)cs1.I. The van der Waals surface area contributed by atoms with Crippen LogP contribution in [0, 0.1) is 0 Å². The molecule has 0 saturated carbocycles. The van der Waals surface area contributed by atoms with E-state index in [-0.39, 0.29) is 29.7 Å². The van der Waals surface area contributed by atoms with Gasteiger partial charge < -0.3 is 10.6 Å². The molecule has 0 aliphatic carbocycles. The third-order valence-electron chi connectivity index (χ3n) is 2.78. The zero-order valence-electron chi connectivity index (χ0n) is 13.4. The summed E-state index contributed by atoms with van der Waals surface area (Å²) in [6.07, 6.45) is 1.81. The van der Waals surface area contributed by atoms with E-state index in [0.29, 0.717) is 31.4 Å². The number of sulfone groups is 1. The first-order chi connectivity index (χ1) is 9.81. The van der Waals surface area contributed by atoms with E-state index in [1.54, 1.807) is 18.4 Å². The molecule has 1 heterocycles. The van der Waals surface area contributed by atoms with Crippen LogP contribution in [-0.4, -0.2) is 45.0 Å². The van der Waals surface area contributed by atoms with Crippen molar-refractivity contribution in [1.82, 2.24) is 15.6 Å². The molecule has 6 nitrogen and oxygen atoms in total. The van der Waals surface area contributed by atoms with Gasteiger partial charge in [0.15, 0.2) is 5.96 Å². The summed E-state index contributed by atoms with van der Waals surface area (Å²) in [5.74, 6) is 1.27. The maximum Gasteiger partial charge on any atom is 0.191 e. The van der Waals surface area contributed by atoms with Gasteiger partial charge in [0.2, 0.25) is 0 Å². The van der Waals surface area contributed by atoms with Crippen LogP contribution in [0.2, 0.25) is 0 Å². The van der Waals surface area contributed by atoms with Crippen molar-refractivity contribution in [2.24, 2.45) is 4.99 Å². The highest BCUT2D eigenvalue weighted by Gasteiger charge is 2.06. The lowest BCUT2D eigenvalue weighted by molar-refractivity contribution is 0.598. The summed E-state index contributed by atoms with van der Waals surface area (Å²) in [6.45, 7) is 5.42. The number of rotatable bonds is 7. The molecule has 128 valence electrons. The van der Waals surface area contributed by atoms with Gasteiger partial charge >= 0.3 is 0 Å². The highest BCUT2D eigenvalue weighted by atomic mass is 127. The van der Waals surface area contributed by atoms with Crippen molar-refractivity contribution in [3.8, 4) is 0 Å². The second-order valence-electron chi connectivity index (χ2n) is 5.16. The fraction of sp³-hybridized carbons (Fsp3) is 0.692. The molecule has 1 rings (SSSR count). The summed E-state index contributed by atoms with van der Waals surface area (Å²) >= 11 is 1.63. The second-order valence-corrected chi connectivity index (χ2v) is 8.36. The van der Waals surface area contributed by atoms with Gasteiger partial charge in [-0.25, -0.2) is 13.4 Å². The number of aromatic nitrogens is 1. The minimum Gasteiger partial charge on any atom is -0.356 e. The van der Waals surface area contributed by atoms with Crippen LogP contribution in [0.1, 0.15) is 36.9 Å². The monoisotopic (exact) mass is 460 g/mol. The molecule has 0 fully saturated rings. The van der Waals surface area contributed by atoms with Gasteiger partial charge in [0.1, 0.15) is 14.8 Å². The average Bonchev–Trinajstić information content (AvgIpc) is 2.85. The molecule has 0 atom stereocenters. The zero-order valence-corrected chi connectivity index (χ0v) is 17.4. The van der Waals surface area contributed by atoms with E-state index in [2.05, 4.69) is 39.8 Å². The summed E-state index contributed by atoms with van der Waals surface area (Å²) in [6, 6.07) is 0. The topological polar surface area (TPSA) is 83.5 Å². The van der Waals surface area contributed by atoms with Gasteiger partial charge in [-0.3, -0.25) is 4.99 Å². The number of hydrogen-bond acceptors (Lipinski definition) is 5. The first kappa shape index (κ1) is 21.6. The molecule has 0 amide bonds. The second kappa shape index (κ2) is 10.4. The highest BCUT2D eigenvalue weighted by Crippen LogP contribution is 2.17. The first-order valence-corrected chi connectivity index (χ1v) is 9.82. The van der Waals surface area contributed by atoms with Crippen molar-refractivity contribution in [3.63, 3.8) is 0 Å². The molecule has 0 aliphatic heterocycles. The van der Waals surface area contributed by atoms with E-state index in [0.717, 1.165) is 10.7 Å². The maximum absolute atomic E-state index is 11.0. The molecular weight excluding hydrogens is 435 g/mol. The smallest absolute Gasteiger partial charge is 0.191 e. The Morgan fingerprint density at radius 3 is 2.59 bits per heavy atom. The van der Waals surface area contributed by atoms with Crippen molar-refractivity contribution in [2.75, 3.05) is 25.6 Å². The zero-order chi connectivity index (χ0) is 15.9. The third kappa shape index (κ3) is 8.89. The van der Waals surface area contributed by atoms with E-state index in [1.807, 2.05) is 0 Å². The third-order valence-corrected chi connectivity index (χ3v) is 4.67. The van der Waals surface area contributed by atoms with Crippen LogP contribution in [0.3, 0.4) is 0 Å². The minimum atomic E-state index is -2.90. The molecule has 0 aliphatic rings. The predicted octanol–water partition coefficient (Wildman–Crippen LogP) is 1.98. The number of nitrogens with one attached hydrogen (secondary N) is 2. The number of guanidine groups is 1. The van der Waals surface area contributed by atoms with Crippen LogP contribution in [-0.2, 0) is 16.4 Å². The molecule has 2 N–H and O–H groups in total. The molecule has 9 heteroatoms. The van der Waals surface area contributed by atoms with E-state index < -0.39 is 9.84 Å². The standard InChI is InChI=1S/C13H24N4O2S2.HI/c1-10(2)11-9-20-12(17-11)8-16-13(14-3)15-6-5-7-21(4,18)19;/h9-10H,5-8H2,1-4H3,(H2,14,15,16);1H. The van der Waals surface area contributed by atoms with Crippen molar-refractivity contribution in [2.45, 2.75) is 32.7 Å². The number of nitrogens with zero attached hydrogens (tertiary/aromatic N) is 2. The van der Waals surface area contributed by atoms with Crippen molar-refractivity contribution >= 4 is 51.1 Å². The summed E-state index contributed by atoms with van der Waals surface area (Å²) in [5.41, 5.74) is 1.10. The van der Waals surface area contributed by atoms with Crippen LogP contribution < -0.4 is 10.6 Å². The van der Waals surface area contributed by atoms with Gasteiger partial charge in [-0.1, -0.05) is 13.8 Å². The predicted molar refractivity (Wildman–Crippen MR) is 104 cm³/mol. The Morgan fingerprint density at radius 1 is 1.41 bits per heavy atom. The van der Waals surface area contributed by atoms with Gasteiger partial charge in [0.25, 0.3) is 0 Å². The van der Waals surface area contributed by atoms with Crippen molar-refractivity contribution in [1.29, 1.82) is 0 Å². The normalized spacial score (nSPS) is 12.1. The fourth-order valence-electron chi connectivity index (χ4n) is 1.59. The van der Waals surface area contributed by atoms with Gasteiger partial charge in [-0.05, 0) is 12.3 Å². The Bertz CT molecular complexity index is 570. The number of aliphatic imine (C=N–C) groups is 1. The first-order valence-electron chi connectivity index (χ1n) is 6.88. The summed E-state index contributed by atoms with van der Waals surface area (Å²) in [7, 11) is -1.21. The molecular formula is C13H25IN4O2S2. The van der Waals surface area contributed by atoms with Crippen molar-refractivity contribution in [3.05, 3.63) is 16.1 Å². The van der Waals surface area contributed by atoms with Gasteiger partial charge in [-0.2, -0.15) is 0 Å². The largest absolute Gasteiger partial charge is 0.356 e. The van der Waals surface area contributed by atoms with Gasteiger partial charge in [0.05, 0.1) is 18.0 Å². The van der Waals surface area contributed by atoms with Gasteiger partial charge in [0, 0.05) is 25.2 Å². The lowest BCUT2D eigenvalue weighted by Gasteiger charge is -2.10. The van der Waals surface area contributed by atoms with Crippen LogP contribution in [0.25, 0.3) is 0 Å². The minimum absolute atomic E-state index is 0. The Labute approximate surface area is 154 Å². The summed E-state index contributed by atoms with van der Waals surface area (Å²) < 4.78 is 22.1. The maximum atomic E-state index is 11.0. The van der Waals surface area contributed by atoms with E-state index in [9.17, 15) is 8.42 Å². The number of hydrogen-bond donors (Lipinski definition) is 2. The summed E-state index contributed by atoms with van der Waals surface area (Å²) in [4.78, 5) is 8.64. The molecule has 1 aromatic heterocycles. The van der Waals surface area contributed by atoms with E-state index in [1.165, 1.54) is 6.26 Å². The van der Waals surface area contributed by atoms with Crippen LogP contribution in [0.5, 0.6) is 0 Å². The molecule has 0 aromatic carbocycles. The lowest BCUT2D eigenvalue weighted by atomic mass is 10.2. The van der Waals surface area contributed by atoms with E-state index in [4.69, 9.17) is 0 Å². The fourth-order valence-corrected chi connectivity index (χ4v) is 3.16. The molecule has 0 saturated heterocycles. The molecule has 0 spiro atoms.